The highest BCUT2D eigenvalue weighted by molar-refractivity contribution is 8.16. The summed E-state index contributed by atoms with van der Waals surface area (Å²) in [5.74, 6) is -1.09. The third-order valence-electron chi connectivity index (χ3n) is 6.74. The predicted molar refractivity (Wildman–Crippen MR) is 138 cm³/mol. The van der Waals surface area contributed by atoms with E-state index in [1.54, 1.807) is 36.9 Å². The van der Waals surface area contributed by atoms with Crippen LogP contribution in [-0.4, -0.2) is 28.6 Å². The molecule has 0 aromatic heterocycles. The van der Waals surface area contributed by atoms with Gasteiger partial charge in [-0.25, -0.2) is 14.2 Å². The predicted octanol–water partition coefficient (Wildman–Crippen LogP) is 5.55. The van der Waals surface area contributed by atoms with Crippen molar-refractivity contribution in [3.63, 3.8) is 0 Å². The lowest BCUT2D eigenvalue weighted by atomic mass is 9.87. The number of esters is 1. The zero-order chi connectivity index (χ0) is 25.2. The van der Waals surface area contributed by atoms with Gasteiger partial charge in [0.15, 0.2) is 5.17 Å². The highest BCUT2D eigenvalue weighted by Crippen LogP contribution is 2.45. The lowest BCUT2D eigenvalue weighted by Crippen LogP contribution is -2.39. The summed E-state index contributed by atoms with van der Waals surface area (Å²) in [7, 11) is 0. The first-order chi connectivity index (χ1) is 17.5. The Hall–Kier alpha value is -3.39. The second kappa shape index (κ2) is 10.3. The summed E-state index contributed by atoms with van der Waals surface area (Å²) in [4.78, 5) is 32.7. The molecule has 5 rings (SSSR count). The van der Waals surface area contributed by atoms with Crippen LogP contribution in [0.5, 0.6) is 0 Å². The minimum absolute atomic E-state index is 0.0359. The van der Waals surface area contributed by atoms with Gasteiger partial charge < -0.3 is 15.0 Å². The Labute approximate surface area is 214 Å². The Bertz CT molecular complexity index is 1300. The van der Waals surface area contributed by atoms with Crippen molar-refractivity contribution in [2.24, 2.45) is 4.99 Å². The molecule has 0 radical (unpaired) electrons. The molecule has 1 N–H and O–H groups in total. The molecule has 186 valence electrons. The van der Waals surface area contributed by atoms with Crippen molar-refractivity contribution in [1.29, 1.82) is 0 Å². The Kier molecular flexibility index (Phi) is 6.96. The number of nitrogens with one attached hydrogen (secondary N) is 1. The summed E-state index contributed by atoms with van der Waals surface area (Å²) in [6.07, 6.45) is 3.01. The molecule has 2 aromatic rings. The number of hydrogen-bond acceptors (Lipinski definition) is 6. The topological polar surface area (TPSA) is 71.0 Å². The second-order valence-electron chi connectivity index (χ2n) is 9.02. The standard InChI is InChI=1S/C28H28FN3O3S/c1-3-35-27(34)25-17(2)30-28-32(26(25)21-12-6-7-13-22(21)29)19(16-36-28)15-24(33)31-23-14-8-10-18-9-4-5-11-20(18)23/h4-7,9,11-13,16,23,26H,3,8,10,14-15H2,1-2H3,(H,31,33)/t23-,26+/m1/s1. The third kappa shape index (κ3) is 4.57. The van der Waals surface area contributed by atoms with Crippen molar-refractivity contribution in [2.75, 3.05) is 6.61 Å². The summed E-state index contributed by atoms with van der Waals surface area (Å²) < 4.78 is 20.4. The maximum atomic E-state index is 15.1. The van der Waals surface area contributed by atoms with Crippen LogP contribution in [0.25, 0.3) is 0 Å². The molecule has 2 atom stereocenters. The smallest absolute Gasteiger partial charge is 0.338 e. The van der Waals surface area contributed by atoms with Gasteiger partial charge in [-0.1, -0.05) is 54.2 Å². The van der Waals surface area contributed by atoms with Crippen molar-refractivity contribution in [3.05, 3.63) is 93.4 Å². The van der Waals surface area contributed by atoms with Crippen molar-refractivity contribution < 1.29 is 18.7 Å². The van der Waals surface area contributed by atoms with Crippen LogP contribution in [0.1, 0.15) is 61.9 Å². The first-order valence-corrected chi connectivity index (χ1v) is 13.1. The number of aryl methyl sites for hydroxylation is 1. The van der Waals surface area contributed by atoms with Gasteiger partial charge in [0, 0.05) is 11.3 Å². The van der Waals surface area contributed by atoms with E-state index >= 15 is 4.39 Å². The van der Waals surface area contributed by atoms with Gasteiger partial charge in [-0.3, -0.25) is 4.79 Å². The Balaban J connectivity index is 1.43. The number of amidine groups is 1. The maximum absolute atomic E-state index is 15.1. The molecule has 0 fully saturated rings. The van der Waals surface area contributed by atoms with Crippen LogP contribution in [0.15, 0.2) is 75.9 Å². The Morgan fingerprint density at radius 3 is 2.69 bits per heavy atom. The molecule has 6 nitrogen and oxygen atoms in total. The van der Waals surface area contributed by atoms with Gasteiger partial charge in [0.25, 0.3) is 0 Å². The summed E-state index contributed by atoms with van der Waals surface area (Å²) in [6, 6.07) is 13.8. The molecule has 2 aliphatic heterocycles. The number of allylic oxidation sites excluding steroid dienone is 1. The lowest BCUT2D eigenvalue weighted by Gasteiger charge is -2.36. The van der Waals surface area contributed by atoms with E-state index in [-0.39, 0.29) is 30.5 Å². The molecule has 2 aromatic carbocycles. The quantitative estimate of drug-likeness (QED) is 0.522. The fraction of sp³-hybridized carbons (Fsp3) is 0.321. The van der Waals surface area contributed by atoms with Crippen LogP contribution in [0.2, 0.25) is 0 Å². The second-order valence-corrected chi connectivity index (χ2v) is 9.86. The van der Waals surface area contributed by atoms with Gasteiger partial charge in [-0.15, -0.1) is 0 Å². The van der Waals surface area contributed by atoms with Gasteiger partial charge in [-0.05, 0) is 55.7 Å². The zero-order valence-corrected chi connectivity index (χ0v) is 21.1. The molecule has 1 amide bonds. The number of thioether (sulfide) groups is 1. The molecular weight excluding hydrogens is 477 g/mol. The number of ether oxygens (including phenoxy) is 1. The monoisotopic (exact) mass is 505 g/mol. The molecule has 0 bridgehead atoms. The number of carbonyl (C=O) groups is 2. The van der Waals surface area contributed by atoms with E-state index in [4.69, 9.17) is 4.74 Å². The molecule has 2 heterocycles. The Morgan fingerprint density at radius 1 is 1.17 bits per heavy atom. The number of hydrogen-bond donors (Lipinski definition) is 1. The molecule has 36 heavy (non-hydrogen) atoms. The fourth-order valence-corrected chi connectivity index (χ4v) is 6.11. The first-order valence-electron chi connectivity index (χ1n) is 12.2. The number of amides is 1. The molecule has 0 spiro atoms. The molecule has 1 aliphatic carbocycles. The average molecular weight is 506 g/mol. The number of rotatable bonds is 6. The molecule has 0 saturated carbocycles. The summed E-state index contributed by atoms with van der Waals surface area (Å²) in [5, 5.41) is 5.67. The minimum atomic E-state index is -0.776. The van der Waals surface area contributed by atoms with E-state index in [0.717, 1.165) is 19.3 Å². The fourth-order valence-electron chi connectivity index (χ4n) is 5.14. The Morgan fingerprint density at radius 2 is 1.92 bits per heavy atom. The van der Waals surface area contributed by atoms with Crippen molar-refractivity contribution in [1.82, 2.24) is 10.2 Å². The highest BCUT2D eigenvalue weighted by Gasteiger charge is 2.42. The van der Waals surface area contributed by atoms with Crippen LogP contribution < -0.4 is 5.32 Å². The first kappa shape index (κ1) is 24.3. The molecule has 0 unspecified atom stereocenters. The minimum Gasteiger partial charge on any atom is -0.463 e. The number of halogens is 1. The largest absolute Gasteiger partial charge is 0.463 e. The van der Waals surface area contributed by atoms with Gasteiger partial charge in [-0.2, -0.15) is 0 Å². The van der Waals surface area contributed by atoms with Gasteiger partial charge >= 0.3 is 5.97 Å². The van der Waals surface area contributed by atoms with Crippen LogP contribution in [0, 0.1) is 5.82 Å². The summed E-state index contributed by atoms with van der Waals surface area (Å²) in [5.41, 5.74) is 4.21. The van der Waals surface area contributed by atoms with E-state index in [1.165, 1.54) is 29.0 Å². The highest BCUT2D eigenvalue weighted by atomic mass is 32.2. The van der Waals surface area contributed by atoms with Gasteiger partial charge in [0.2, 0.25) is 5.91 Å². The van der Waals surface area contributed by atoms with E-state index in [9.17, 15) is 9.59 Å². The number of carbonyl (C=O) groups excluding carboxylic acids is 2. The van der Waals surface area contributed by atoms with Crippen LogP contribution in [0.3, 0.4) is 0 Å². The number of nitrogens with zero attached hydrogens (tertiary/aromatic N) is 2. The van der Waals surface area contributed by atoms with Crippen LogP contribution in [0.4, 0.5) is 4.39 Å². The molecule has 3 aliphatic rings. The normalized spacial score (nSPS) is 20.8. The number of aliphatic imine (C=N–C) groups is 1. The van der Waals surface area contributed by atoms with E-state index < -0.39 is 17.8 Å². The van der Waals surface area contributed by atoms with Crippen molar-refractivity contribution in [3.8, 4) is 0 Å². The third-order valence-corrected chi connectivity index (χ3v) is 7.63. The maximum Gasteiger partial charge on any atom is 0.338 e. The van der Waals surface area contributed by atoms with Crippen LogP contribution in [-0.2, 0) is 20.7 Å². The lowest BCUT2D eigenvalue weighted by molar-refractivity contribution is -0.139. The van der Waals surface area contributed by atoms with Gasteiger partial charge in [0.1, 0.15) is 5.82 Å². The van der Waals surface area contributed by atoms with E-state index in [0.29, 0.717) is 22.1 Å². The van der Waals surface area contributed by atoms with Gasteiger partial charge in [0.05, 0.1) is 36.4 Å². The average Bonchev–Trinajstić information content (AvgIpc) is 3.25. The van der Waals surface area contributed by atoms with E-state index in [2.05, 4.69) is 22.4 Å². The summed E-state index contributed by atoms with van der Waals surface area (Å²) >= 11 is 1.37. The van der Waals surface area contributed by atoms with E-state index in [1.807, 2.05) is 17.5 Å². The van der Waals surface area contributed by atoms with Crippen molar-refractivity contribution >= 4 is 28.8 Å². The van der Waals surface area contributed by atoms with Crippen molar-refractivity contribution in [2.45, 2.75) is 51.6 Å². The zero-order valence-electron chi connectivity index (χ0n) is 20.3. The molecular formula is C28H28FN3O3S. The number of benzene rings is 2. The SMILES string of the molecule is CCOC(=O)C1=C(C)N=C2SC=C(CC(=O)N[C@@H]3CCCc4ccccc43)N2[C@H]1c1ccccc1F. The molecule has 0 saturated heterocycles. The molecule has 8 heteroatoms. The van der Waals surface area contributed by atoms with Crippen LogP contribution >= 0.6 is 11.8 Å². The number of fused-ring (bicyclic) bond motifs is 2. The summed E-state index contributed by atoms with van der Waals surface area (Å²) in [6.45, 7) is 3.66.